The molecule has 1 unspecified atom stereocenters. The van der Waals surface area contributed by atoms with Crippen molar-refractivity contribution in [2.45, 2.75) is 24.1 Å². The molecule has 0 aliphatic rings. The quantitative estimate of drug-likeness (QED) is 0.919. The highest BCUT2D eigenvalue weighted by Crippen LogP contribution is 2.28. The van der Waals surface area contributed by atoms with Crippen LogP contribution in [0.5, 0.6) is 0 Å². The molecule has 2 rings (SSSR count). The molecule has 0 saturated carbocycles. The lowest BCUT2D eigenvalue weighted by Crippen LogP contribution is -2.26. The molecular formula is C10H11BrN2O3S2. The van der Waals surface area contributed by atoms with Gasteiger partial charge < -0.3 is 4.42 Å². The number of thiophene rings is 1. The Morgan fingerprint density at radius 1 is 1.56 bits per heavy atom. The molecule has 1 atom stereocenters. The van der Waals surface area contributed by atoms with Gasteiger partial charge in [0.2, 0.25) is 5.89 Å². The van der Waals surface area contributed by atoms with Gasteiger partial charge in [0.15, 0.2) is 0 Å². The Hall–Kier alpha value is -0.700. The van der Waals surface area contributed by atoms with Crippen molar-refractivity contribution in [2.24, 2.45) is 0 Å². The van der Waals surface area contributed by atoms with E-state index in [1.54, 1.807) is 31.5 Å². The molecule has 5 nitrogen and oxygen atoms in total. The maximum Gasteiger partial charge on any atom is 0.251 e. The molecule has 0 aliphatic carbocycles. The molecule has 0 aliphatic heterocycles. The van der Waals surface area contributed by atoms with Gasteiger partial charge in [0.25, 0.3) is 10.0 Å². The van der Waals surface area contributed by atoms with E-state index in [1.165, 1.54) is 0 Å². The van der Waals surface area contributed by atoms with Gasteiger partial charge >= 0.3 is 0 Å². The summed E-state index contributed by atoms with van der Waals surface area (Å²) in [5, 5.41) is 1.71. The monoisotopic (exact) mass is 350 g/mol. The molecule has 2 heterocycles. The summed E-state index contributed by atoms with van der Waals surface area (Å²) in [6.45, 7) is 3.44. The minimum Gasteiger partial charge on any atom is -0.444 e. The first-order valence-corrected chi connectivity index (χ1v) is 8.23. The third-order valence-corrected chi connectivity index (χ3v) is 6.38. The fourth-order valence-electron chi connectivity index (χ4n) is 1.38. The first-order chi connectivity index (χ1) is 8.40. The van der Waals surface area contributed by atoms with Crippen LogP contribution in [0.1, 0.15) is 24.6 Å². The lowest BCUT2D eigenvalue weighted by Gasteiger charge is -2.10. The van der Waals surface area contributed by atoms with Gasteiger partial charge in [-0.25, -0.2) is 13.4 Å². The zero-order valence-electron chi connectivity index (χ0n) is 9.68. The molecule has 0 spiro atoms. The number of aryl methyl sites for hydroxylation is 1. The maximum atomic E-state index is 12.1. The molecule has 2 aromatic rings. The van der Waals surface area contributed by atoms with Gasteiger partial charge in [0.1, 0.15) is 9.97 Å². The number of hydrogen-bond acceptors (Lipinski definition) is 5. The van der Waals surface area contributed by atoms with Crippen molar-refractivity contribution < 1.29 is 12.8 Å². The van der Waals surface area contributed by atoms with E-state index in [-0.39, 0.29) is 4.21 Å². The van der Waals surface area contributed by atoms with Gasteiger partial charge in [-0.2, -0.15) is 4.72 Å². The topological polar surface area (TPSA) is 72.2 Å². The number of nitrogens with zero attached hydrogens (tertiary/aromatic N) is 1. The summed E-state index contributed by atoms with van der Waals surface area (Å²) >= 11 is 4.36. The Morgan fingerprint density at radius 2 is 2.28 bits per heavy atom. The average molecular weight is 351 g/mol. The standard InChI is InChI=1S/C10H11BrN2O3S2/c1-6-5-12-9(16-6)7(2)13-18(14,15)10-8(11)3-4-17-10/h3-5,7,13H,1-2H3. The number of oxazole rings is 1. The number of nitrogens with one attached hydrogen (secondary N) is 1. The molecule has 0 aromatic carbocycles. The van der Waals surface area contributed by atoms with E-state index in [0.717, 1.165) is 11.3 Å². The van der Waals surface area contributed by atoms with Crippen LogP contribution >= 0.6 is 27.3 Å². The first kappa shape index (κ1) is 13.7. The average Bonchev–Trinajstić information content (AvgIpc) is 2.86. The van der Waals surface area contributed by atoms with E-state index in [2.05, 4.69) is 25.6 Å². The highest BCUT2D eigenvalue weighted by molar-refractivity contribution is 9.10. The number of sulfonamides is 1. The number of hydrogen-bond donors (Lipinski definition) is 1. The van der Waals surface area contributed by atoms with Crippen LogP contribution in [0.15, 0.2) is 30.7 Å². The van der Waals surface area contributed by atoms with Gasteiger partial charge in [-0.1, -0.05) is 0 Å². The highest BCUT2D eigenvalue weighted by Gasteiger charge is 2.24. The molecule has 18 heavy (non-hydrogen) atoms. The molecule has 8 heteroatoms. The fraction of sp³-hybridized carbons (Fsp3) is 0.300. The van der Waals surface area contributed by atoms with Gasteiger partial charge in [0, 0.05) is 4.47 Å². The van der Waals surface area contributed by atoms with E-state index in [4.69, 9.17) is 4.42 Å². The predicted molar refractivity (Wildman–Crippen MR) is 72.0 cm³/mol. The largest absolute Gasteiger partial charge is 0.444 e. The summed E-state index contributed by atoms with van der Waals surface area (Å²) in [6.07, 6.45) is 1.56. The van der Waals surface area contributed by atoms with Crippen molar-refractivity contribution in [1.82, 2.24) is 9.71 Å². The van der Waals surface area contributed by atoms with E-state index in [1.807, 2.05) is 0 Å². The SMILES string of the molecule is Cc1cnc(C(C)NS(=O)(=O)c2sccc2Br)o1. The van der Waals surface area contributed by atoms with Crippen LogP contribution in [-0.2, 0) is 10.0 Å². The van der Waals surface area contributed by atoms with Crippen molar-refractivity contribution in [3.05, 3.63) is 33.8 Å². The summed E-state index contributed by atoms with van der Waals surface area (Å²) < 4.78 is 32.8. The Kier molecular flexibility index (Phi) is 3.90. The van der Waals surface area contributed by atoms with Crippen molar-refractivity contribution >= 4 is 37.3 Å². The van der Waals surface area contributed by atoms with Crippen molar-refractivity contribution in [2.75, 3.05) is 0 Å². The van der Waals surface area contributed by atoms with Crippen LogP contribution in [0, 0.1) is 6.92 Å². The van der Waals surface area contributed by atoms with Gasteiger partial charge in [-0.05, 0) is 41.2 Å². The van der Waals surface area contributed by atoms with Gasteiger partial charge in [-0.15, -0.1) is 11.3 Å². The second-order valence-corrected chi connectivity index (χ2v) is 7.39. The summed E-state index contributed by atoms with van der Waals surface area (Å²) in [7, 11) is -3.56. The molecule has 98 valence electrons. The van der Waals surface area contributed by atoms with E-state index >= 15 is 0 Å². The number of aromatic nitrogens is 1. The van der Waals surface area contributed by atoms with Crippen LogP contribution in [0.25, 0.3) is 0 Å². The fourth-order valence-corrected chi connectivity index (χ4v) is 4.93. The lowest BCUT2D eigenvalue weighted by atomic mass is 10.4. The molecule has 0 radical (unpaired) electrons. The van der Waals surface area contributed by atoms with Crippen LogP contribution in [0.4, 0.5) is 0 Å². The summed E-state index contributed by atoms with van der Waals surface area (Å²) in [5.74, 6) is 0.997. The molecule has 0 saturated heterocycles. The summed E-state index contributed by atoms with van der Waals surface area (Å²) in [4.78, 5) is 4.00. The van der Waals surface area contributed by atoms with Crippen LogP contribution < -0.4 is 4.72 Å². The number of rotatable bonds is 4. The van der Waals surface area contributed by atoms with Gasteiger partial charge in [0.05, 0.1) is 12.2 Å². The van der Waals surface area contributed by atoms with Crippen molar-refractivity contribution in [3.8, 4) is 0 Å². The van der Waals surface area contributed by atoms with Crippen molar-refractivity contribution in [1.29, 1.82) is 0 Å². The first-order valence-electron chi connectivity index (χ1n) is 5.08. The smallest absolute Gasteiger partial charge is 0.251 e. The Labute approximate surface area is 117 Å². The summed E-state index contributed by atoms with van der Waals surface area (Å²) in [6, 6.07) is 1.18. The Bertz CT molecular complexity index is 648. The van der Waals surface area contributed by atoms with Crippen LogP contribution in [0.3, 0.4) is 0 Å². The van der Waals surface area contributed by atoms with Crippen LogP contribution in [-0.4, -0.2) is 13.4 Å². The predicted octanol–water partition coefficient (Wildman–Crippen LogP) is 2.85. The highest BCUT2D eigenvalue weighted by atomic mass is 79.9. The minimum absolute atomic E-state index is 0.248. The second kappa shape index (κ2) is 5.12. The van der Waals surface area contributed by atoms with Crippen molar-refractivity contribution in [3.63, 3.8) is 0 Å². The third kappa shape index (κ3) is 2.82. The Morgan fingerprint density at radius 3 is 2.78 bits per heavy atom. The molecule has 0 amide bonds. The van der Waals surface area contributed by atoms with E-state index < -0.39 is 16.1 Å². The molecule has 0 fully saturated rings. The van der Waals surface area contributed by atoms with E-state index in [9.17, 15) is 8.42 Å². The molecule has 0 bridgehead atoms. The second-order valence-electron chi connectivity index (χ2n) is 3.71. The maximum absolute atomic E-state index is 12.1. The zero-order chi connectivity index (χ0) is 13.3. The summed E-state index contributed by atoms with van der Waals surface area (Å²) in [5.41, 5.74) is 0. The lowest BCUT2D eigenvalue weighted by molar-refractivity contribution is 0.428. The molecule has 1 N–H and O–H groups in total. The van der Waals surface area contributed by atoms with Crippen LogP contribution in [0.2, 0.25) is 0 Å². The van der Waals surface area contributed by atoms with Gasteiger partial charge in [-0.3, -0.25) is 0 Å². The number of halogens is 1. The normalized spacial score (nSPS) is 13.7. The minimum atomic E-state index is -3.56. The van der Waals surface area contributed by atoms with E-state index in [0.29, 0.717) is 16.1 Å². The third-order valence-electron chi connectivity index (χ3n) is 2.17. The Balaban J connectivity index is 2.21. The zero-order valence-corrected chi connectivity index (χ0v) is 12.9. The molecular weight excluding hydrogens is 340 g/mol. The molecule has 2 aromatic heterocycles.